The average Bonchev–Trinajstić information content (AvgIpc) is 2.47. The third-order valence-corrected chi connectivity index (χ3v) is 3.41. The second-order valence-corrected chi connectivity index (χ2v) is 5.02. The number of carbonyl (C=O) groups is 1. The van der Waals surface area contributed by atoms with Gasteiger partial charge in [-0.1, -0.05) is 42.5 Å². The number of rotatable bonds is 4. The van der Waals surface area contributed by atoms with E-state index in [0.717, 1.165) is 5.56 Å². The van der Waals surface area contributed by atoms with Crippen LogP contribution in [0.15, 0.2) is 54.6 Å². The van der Waals surface area contributed by atoms with Crippen molar-refractivity contribution in [3.63, 3.8) is 0 Å². The molecule has 0 saturated carbocycles. The molecule has 0 aliphatic rings. The maximum absolute atomic E-state index is 12.8. The van der Waals surface area contributed by atoms with Gasteiger partial charge in [0.1, 0.15) is 5.75 Å². The minimum atomic E-state index is -0.574. The van der Waals surface area contributed by atoms with Gasteiger partial charge in [-0.15, -0.1) is 0 Å². The highest BCUT2D eigenvalue weighted by molar-refractivity contribution is 6.05. The zero-order chi connectivity index (χ0) is 13.9. The summed E-state index contributed by atoms with van der Waals surface area (Å²) in [6, 6.07) is 17.2. The van der Waals surface area contributed by atoms with Crippen LogP contribution in [0.3, 0.4) is 0 Å². The van der Waals surface area contributed by atoms with Gasteiger partial charge in [-0.2, -0.15) is 0 Å². The monoisotopic (exact) mass is 254 g/mol. The molecule has 0 radical (unpaired) electrons. The standard InChI is InChI=1S/C17H18O2/c1-17(2,13-9-5-4-6-10-13)16(18)14-11-7-8-12-15(14)19-3/h4-12H,1-3H3. The van der Waals surface area contributed by atoms with Crippen LogP contribution in [0.4, 0.5) is 0 Å². The Labute approximate surface area is 114 Å². The van der Waals surface area contributed by atoms with E-state index in [9.17, 15) is 4.79 Å². The molecule has 0 unspecified atom stereocenters. The Kier molecular flexibility index (Phi) is 3.70. The lowest BCUT2D eigenvalue weighted by Crippen LogP contribution is -2.29. The molecule has 19 heavy (non-hydrogen) atoms. The molecule has 0 saturated heterocycles. The van der Waals surface area contributed by atoms with Gasteiger partial charge < -0.3 is 4.74 Å². The van der Waals surface area contributed by atoms with Crippen LogP contribution < -0.4 is 4.74 Å². The summed E-state index contributed by atoms with van der Waals surface area (Å²) in [6.45, 7) is 3.88. The molecular weight excluding hydrogens is 236 g/mol. The molecule has 0 heterocycles. The molecule has 2 aromatic rings. The van der Waals surface area contributed by atoms with Crippen LogP contribution in [0.5, 0.6) is 5.75 Å². The van der Waals surface area contributed by atoms with Gasteiger partial charge in [0.05, 0.1) is 18.1 Å². The molecule has 0 amide bonds. The van der Waals surface area contributed by atoms with Crippen molar-refractivity contribution in [3.8, 4) is 5.75 Å². The molecule has 98 valence electrons. The summed E-state index contributed by atoms with van der Waals surface area (Å²) in [4.78, 5) is 12.8. The van der Waals surface area contributed by atoms with Crippen molar-refractivity contribution in [3.05, 3.63) is 65.7 Å². The van der Waals surface area contributed by atoms with Crippen molar-refractivity contribution in [2.45, 2.75) is 19.3 Å². The zero-order valence-electron chi connectivity index (χ0n) is 11.5. The molecule has 0 atom stereocenters. The molecule has 0 spiro atoms. The highest BCUT2D eigenvalue weighted by Crippen LogP contribution is 2.31. The van der Waals surface area contributed by atoms with Gasteiger partial charge in [-0.3, -0.25) is 4.79 Å². The fourth-order valence-corrected chi connectivity index (χ4v) is 2.15. The molecule has 2 nitrogen and oxygen atoms in total. The Bertz CT molecular complexity index is 571. The van der Waals surface area contributed by atoms with E-state index in [-0.39, 0.29) is 5.78 Å². The third-order valence-electron chi connectivity index (χ3n) is 3.41. The van der Waals surface area contributed by atoms with Gasteiger partial charge >= 0.3 is 0 Å². The lowest BCUT2D eigenvalue weighted by Gasteiger charge is -2.24. The molecule has 0 aromatic heterocycles. The minimum absolute atomic E-state index is 0.0659. The Balaban J connectivity index is 2.44. The summed E-state index contributed by atoms with van der Waals surface area (Å²) >= 11 is 0. The van der Waals surface area contributed by atoms with Crippen molar-refractivity contribution < 1.29 is 9.53 Å². The zero-order valence-corrected chi connectivity index (χ0v) is 11.5. The van der Waals surface area contributed by atoms with Crippen molar-refractivity contribution in [1.29, 1.82) is 0 Å². The van der Waals surface area contributed by atoms with Gasteiger partial charge in [0.25, 0.3) is 0 Å². The number of hydrogen-bond donors (Lipinski definition) is 0. The van der Waals surface area contributed by atoms with E-state index in [0.29, 0.717) is 11.3 Å². The normalized spacial score (nSPS) is 11.1. The van der Waals surface area contributed by atoms with Crippen molar-refractivity contribution in [2.75, 3.05) is 7.11 Å². The van der Waals surface area contributed by atoms with Crippen LogP contribution in [0.2, 0.25) is 0 Å². The number of ether oxygens (including phenoxy) is 1. The number of benzene rings is 2. The third kappa shape index (κ3) is 2.53. The number of ketones is 1. The summed E-state index contributed by atoms with van der Waals surface area (Å²) in [5.74, 6) is 0.688. The summed E-state index contributed by atoms with van der Waals surface area (Å²) in [5.41, 5.74) is 1.06. The number of para-hydroxylation sites is 1. The first-order valence-corrected chi connectivity index (χ1v) is 6.30. The predicted octanol–water partition coefficient (Wildman–Crippen LogP) is 3.86. The van der Waals surface area contributed by atoms with E-state index < -0.39 is 5.41 Å². The van der Waals surface area contributed by atoms with Crippen LogP contribution in [0.1, 0.15) is 29.8 Å². The Morgan fingerprint density at radius 2 is 1.53 bits per heavy atom. The van der Waals surface area contributed by atoms with Gasteiger partial charge in [0.2, 0.25) is 0 Å². The first-order chi connectivity index (χ1) is 9.07. The lowest BCUT2D eigenvalue weighted by molar-refractivity contribution is 0.0905. The molecule has 0 bridgehead atoms. The summed E-state index contributed by atoms with van der Waals surface area (Å²) < 4.78 is 5.28. The van der Waals surface area contributed by atoms with Crippen LogP contribution in [0, 0.1) is 0 Å². The molecule has 0 aliphatic heterocycles. The summed E-state index contributed by atoms with van der Waals surface area (Å²) in [6.07, 6.45) is 0. The van der Waals surface area contributed by atoms with Crippen molar-refractivity contribution in [2.24, 2.45) is 0 Å². The average molecular weight is 254 g/mol. The molecule has 2 rings (SSSR count). The van der Waals surface area contributed by atoms with E-state index in [1.807, 2.05) is 68.4 Å². The number of methoxy groups -OCH3 is 1. The fourth-order valence-electron chi connectivity index (χ4n) is 2.15. The number of carbonyl (C=O) groups excluding carboxylic acids is 1. The van der Waals surface area contributed by atoms with Gasteiger partial charge in [0.15, 0.2) is 5.78 Å². The van der Waals surface area contributed by atoms with Gasteiger partial charge in [0, 0.05) is 0 Å². The van der Waals surface area contributed by atoms with Crippen LogP contribution in [-0.2, 0) is 5.41 Å². The fraction of sp³-hybridized carbons (Fsp3) is 0.235. The molecule has 0 aliphatic carbocycles. The van der Waals surface area contributed by atoms with Gasteiger partial charge in [-0.25, -0.2) is 0 Å². The van der Waals surface area contributed by atoms with Crippen molar-refractivity contribution >= 4 is 5.78 Å². The van der Waals surface area contributed by atoms with E-state index >= 15 is 0 Å². The highest BCUT2D eigenvalue weighted by atomic mass is 16.5. The summed E-state index contributed by atoms with van der Waals surface area (Å²) in [7, 11) is 1.58. The van der Waals surface area contributed by atoms with E-state index in [4.69, 9.17) is 4.74 Å². The molecular formula is C17H18O2. The molecule has 2 heteroatoms. The van der Waals surface area contributed by atoms with Gasteiger partial charge in [-0.05, 0) is 31.5 Å². The first-order valence-electron chi connectivity index (χ1n) is 6.30. The van der Waals surface area contributed by atoms with Crippen LogP contribution >= 0.6 is 0 Å². The topological polar surface area (TPSA) is 26.3 Å². The van der Waals surface area contributed by atoms with E-state index in [1.165, 1.54) is 0 Å². The summed E-state index contributed by atoms with van der Waals surface area (Å²) in [5, 5.41) is 0. The van der Waals surface area contributed by atoms with Crippen LogP contribution in [-0.4, -0.2) is 12.9 Å². The molecule has 2 aromatic carbocycles. The SMILES string of the molecule is COc1ccccc1C(=O)C(C)(C)c1ccccc1. The Morgan fingerprint density at radius 1 is 0.947 bits per heavy atom. The number of hydrogen-bond acceptors (Lipinski definition) is 2. The Hall–Kier alpha value is -2.09. The maximum atomic E-state index is 12.8. The highest BCUT2D eigenvalue weighted by Gasteiger charge is 2.32. The largest absolute Gasteiger partial charge is 0.496 e. The minimum Gasteiger partial charge on any atom is -0.496 e. The second kappa shape index (κ2) is 5.27. The smallest absolute Gasteiger partial charge is 0.176 e. The molecule has 0 N–H and O–H groups in total. The second-order valence-electron chi connectivity index (χ2n) is 5.02. The van der Waals surface area contributed by atoms with Crippen molar-refractivity contribution in [1.82, 2.24) is 0 Å². The predicted molar refractivity (Wildman–Crippen MR) is 76.8 cm³/mol. The van der Waals surface area contributed by atoms with E-state index in [2.05, 4.69) is 0 Å². The number of Topliss-reactive ketones (excluding diaryl/α,β-unsaturated/α-hetero) is 1. The quantitative estimate of drug-likeness (QED) is 0.774. The first kappa shape index (κ1) is 13.3. The van der Waals surface area contributed by atoms with Crippen LogP contribution in [0.25, 0.3) is 0 Å². The Morgan fingerprint density at radius 3 is 2.16 bits per heavy atom. The van der Waals surface area contributed by atoms with E-state index in [1.54, 1.807) is 7.11 Å². The molecule has 0 fully saturated rings. The maximum Gasteiger partial charge on any atom is 0.176 e. The lowest BCUT2D eigenvalue weighted by atomic mass is 9.78.